The summed E-state index contributed by atoms with van der Waals surface area (Å²) in [7, 11) is 5.29. The van der Waals surface area contributed by atoms with Crippen molar-refractivity contribution in [1.29, 1.82) is 0 Å². The van der Waals surface area contributed by atoms with E-state index in [1.54, 1.807) is 28.4 Å². The van der Waals surface area contributed by atoms with Gasteiger partial charge in [0.05, 0.1) is 0 Å². The lowest BCUT2D eigenvalue weighted by atomic mass is 10.4. The van der Waals surface area contributed by atoms with Crippen molar-refractivity contribution < 1.29 is 18.1 Å². The predicted molar refractivity (Wildman–Crippen MR) is 63.3 cm³/mol. The molecule has 15 heavy (non-hydrogen) atoms. The number of hydrogen-bond donors (Lipinski definition) is 0. The molecule has 0 radical (unpaired) electrons. The first-order valence-corrected chi connectivity index (χ1v) is 7.52. The molecular formula is C9H20O4P2. The van der Waals surface area contributed by atoms with Gasteiger partial charge in [0.25, 0.3) is 0 Å². The van der Waals surface area contributed by atoms with E-state index in [2.05, 4.69) is 0 Å². The van der Waals surface area contributed by atoms with Gasteiger partial charge in [0.15, 0.2) is 16.8 Å². The molecule has 0 saturated heterocycles. The molecule has 0 aliphatic heterocycles. The first-order chi connectivity index (χ1) is 7.28. The zero-order valence-electron chi connectivity index (χ0n) is 9.80. The van der Waals surface area contributed by atoms with E-state index in [4.69, 9.17) is 18.1 Å². The molecule has 0 amide bonds. The fourth-order valence-electron chi connectivity index (χ4n) is 2.10. The summed E-state index contributed by atoms with van der Waals surface area (Å²) in [5.41, 5.74) is 0.919. The van der Waals surface area contributed by atoms with Gasteiger partial charge in [-0.3, -0.25) is 0 Å². The lowest BCUT2D eigenvalue weighted by Gasteiger charge is -2.28. The molecule has 4 nitrogen and oxygen atoms in total. The van der Waals surface area contributed by atoms with Gasteiger partial charge in [0, 0.05) is 39.8 Å². The van der Waals surface area contributed by atoms with Crippen LogP contribution in [0.5, 0.6) is 0 Å². The van der Waals surface area contributed by atoms with Crippen molar-refractivity contribution in [1.82, 2.24) is 0 Å². The molecule has 0 bridgehead atoms. The number of hydrogen-bond acceptors (Lipinski definition) is 4. The van der Waals surface area contributed by atoms with E-state index in [1.807, 2.05) is 0 Å². The molecule has 0 aromatic carbocycles. The van der Waals surface area contributed by atoms with Crippen LogP contribution < -0.4 is 0 Å². The number of rotatable bonds is 6. The van der Waals surface area contributed by atoms with Crippen LogP contribution in [0.2, 0.25) is 0 Å². The predicted octanol–water partition coefficient (Wildman–Crippen LogP) is 3.12. The van der Waals surface area contributed by atoms with Gasteiger partial charge in [0.1, 0.15) is 0 Å². The van der Waals surface area contributed by atoms with Gasteiger partial charge in [-0.2, -0.15) is 0 Å². The summed E-state index contributed by atoms with van der Waals surface area (Å²) in [4.78, 5) is 0. The molecule has 6 heteroatoms. The normalized spacial score (nSPS) is 26.8. The van der Waals surface area contributed by atoms with Crippen LogP contribution in [0.4, 0.5) is 0 Å². The SMILES string of the molecule is COP(OC)[C@H]1CCC[C@@H]1P(OC)OC. The monoisotopic (exact) mass is 254 g/mol. The molecule has 1 aliphatic rings. The van der Waals surface area contributed by atoms with E-state index in [-0.39, 0.29) is 0 Å². The van der Waals surface area contributed by atoms with Crippen LogP contribution in [-0.4, -0.2) is 39.8 Å². The van der Waals surface area contributed by atoms with Gasteiger partial charge in [-0.15, -0.1) is 0 Å². The lowest BCUT2D eigenvalue weighted by Crippen LogP contribution is -2.19. The largest absolute Gasteiger partial charge is 0.337 e. The molecule has 1 fully saturated rings. The highest BCUT2D eigenvalue weighted by Gasteiger charge is 2.40. The topological polar surface area (TPSA) is 36.9 Å². The third-order valence-electron chi connectivity index (χ3n) is 2.71. The summed E-state index contributed by atoms with van der Waals surface area (Å²) in [5.74, 6) is 0. The third-order valence-corrected chi connectivity index (χ3v) is 6.70. The molecule has 90 valence electrons. The second-order valence-corrected chi connectivity index (χ2v) is 7.30. The van der Waals surface area contributed by atoms with Crippen LogP contribution in [0, 0.1) is 0 Å². The standard InChI is InChI=1S/C9H20O4P2/c1-10-14(11-2)8-6-5-7-9(8)15(12-3)13-4/h8-9H,5-7H2,1-4H3/t8-,9-/m0/s1. The molecule has 0 aromatic rings. The van der Waals surface area contributed by atoms with Gasteiger partial charge in [0.2, 0.25) is 0 Å². The van der Waals surface area contributed by atoms with E-state index in [9.17, 15) is 0 Å². The average molecular weight is 254 g/mol. The maximum absolute atomic E-state index is 5.39. The Hall–Kier alpha value is 0.700. The van der Waals surface area contributed by atoms with Gasteiger partial charge >= 0.3 is 0 Å². The minimum atomic E-state index is -0.784. The first kappa shape index (κ1) is 13.8. The molecule has 0 spiro atoms. The third kappa shape index (κ3) is 3.33. The molecule has 1 saturated carbocycles. The van der Waals surface area contributed by atoms with E-state index in [0.717, 1.165) is 12.8 Å². The minimum Gasteiger partial charge on any atom is -0.337 e. The van der Waals surface area contributed by atoms with Crippen LogP contribution in [0.3, 0.4) is 0 Å². The van der Waals surface area contributed by atoms with Gasteiger partial charge in [-0.1, -0.05) is 6.42 Å². The Morgan fingerprint density at radius 3 is 1.33 bits per heavy atom. The maximum Gasteiger partial charge on any atom is 0.174 e. The second-order valence-electron chi connectivity index (χ2n) is 3.37. The Morgan fingerprint density at radius 2 is 1.07 bits per heavy atom. The Balaban J connectivity index is 2.62. The summed E-state index contributed by atoms with van der Waals surface area (Å²) < 4.78 is 21.6. The summed E-state index contributed by atoms with van der Waals surface area (Å²) in [6.07, 6.45) is 3.53. The van der Waals surface area contributed by atoms with Crippen LogP contribution in [0.25, 0.3) is 0 Å². The summed E-state index contributed by atoms with van der Waals surface area (Å²) in [6.45, 7) is 0. The van der Waals surface area contributed by atoms with Crippen LogP contribution in [0.15, 0.2) is 0 Å². The van der Waals surface area contributed by atoms with Crippen molar-refractivity contribution in [3.63, 3.8) is 0 Å². The van der Waals surface area contributed by atoms with Crippen LogP contribution >= 0.6 is 16.8 Å². The first-order valence-electron chi connectivity index (χ1n) is 5.03. The lowest BCUT2D eigenvalue weighted by molar-refractivity contribution is 0.316. The Labute approximate surface area is 94.5 Å². The highest BCUT2D eigenvalue weighted by atomic mass is 31.2. The summed E-state index contributed by atoms with van der Waals surface area (Å²) in [5, 5.41) is 0. The molecule has 1 aliphatic carbocycles. The molecule has 0 N–H and O–H groups in total. The van der Waals surface area contributed by atoms with Crippen molar-refractivity contribution in [2.75, 3.05) is 28.4 Å². The molecular weight excluding hydrogens is 234 g/mol. The van der Waals surface area contributed by atoms with Crippen molar-refractivity contribution in [2.45, 2.75) is 30.6 Å². The van der Waals surface area contributed by atoms with Crippen molar-refractivity contribution in [2.24, 2.45) is 0 Å². The fraction of sp³-hybridized carbons (Fsp3) is 1.00. The Bertz CT molecular complexity index is 155. The molecule has 1 rings (SSSR count). The maximum atomic E-state index is 5.39. The van der Waals surface area contributed by atoms with E-state index in [1.165, 1.54) is 6.42 Å². The van der Waals surface area contributed by atoms with Gasteiger partial charge in [-0.25, -0.2) is 0 Å². The summed E-state index contributed by atoms with van der Waals surface area (Å²) >= 11 is 0. The minimum absolute atomic E-state index is 0.459. The van der Waals surface area contributed by atoms with Crippen LogP contribution in [0.1, 0.15) is 19.3 Å². The molecule has 0 heterocycles. The molecule has 0 aromatic heterocycles. The van der Waals surface area contributed by atoms with Crippen molar-refractivity contribution in [3.8, 4) is 0 Å². The quantitative estimate of drug-likeness (QED) is 0.682. The van der Waals surface area contributed by atoms with Gasteiger partial charge in [-0.05, 0) is 12.8 Å². The van der Waals surface area contributed by atoms with Gasteiger partial charge < -0.3 is 18.1 Å². The summed E-state index contributed by atoms with van der Waals surface area (Å²) in [6, 6.07) is 0. The van der Waals surface area contributed by atoms with Crippen molar-refractivity contribution >= 4 is 16.8 Å². The highest BCUT2D eigenvalue weighted by molar-refractivity contribution is 7.52. The van der Waals surface area contributed by atoms with E-state index >= 15 is 0 Å². The van der Waals surface area contributed by atoms with Crippen LogP contribution in [-0.2, 0) is 18.1 Å². The Morgan fingerprint density at radius 1 is 0.733 bits per heavy atom. The highest BCUT2D eigenvalue weighted by Crippen LogP contribution is 2.59. The smallest absolute Gasteiger partial charge is 0.174 e. The zero-order valence-corrected chi connectivity index (χ0v) is 11.6. The fourth-order valence-corrected chi connectivity index (χ4v) is 5.78. The van der Waals surface area contributed by atoms with Crippen molar-refractivity contribution in [3.05, 3.63) is 0 Å². The van der Waals surface area contributed by atoms with E-state index < -0.39 is 16.8 Å². The Kier molecular flexibility index (Phi) is 6.52. The average Bonchev–Trinajstić information content (AvgIpc) is 2.71. The zero-order chi connectivity index (χ0) is 11.3. The molecule has 0 unspecified atom stereocenters. The second kappa shape index (κ2) is 7.11. The molecule has 2 atom stereocenters. The van der Waals surface area contributed by atoms with E-state index in [0.29, 0.717) is 11.3 Å².